The maximum absolute atomic E-state index is 12.5. The van der Waals surface area contributed by atoms with Gasteiger partial charge in [-0.15, -0.1) is 0 Å². The van der Waals surface area contributed by atoms with Crippen LogP contribution in [0.15, 0.2) is 36.4 Å². The lowest BCUT2D eigenvalue weighted by Gasteiger charge is -2.13. The van der Waals surface area contributed by atoms with Gasteiger partial charge in [-0.05, 0) is 43.2 Å². The van der Waals surface area contributed by atoms with Crippen molar-refractivity contribution in [2.45, 2.75) is 13.8 Å². The first-order chi connectivity index (χ1) is 11.5. The molecule has 0 radical (unpaired) electrons. The van der Waals surface area contributed by atoms with Gasteiger partial charge in [0.25, 0.3) is 0 Å². The minimum Gasteiger partial charge on any atom is -0.493 e. The smallest absolute Gasteiger partial charge is 0.203 e. The number of aryl methyl sites for hydroxylation is 2. The monoisotopic (exact) mass is 326 g/mol. The first-order valence-corrected chi connectivity index (χ1v) is 7.59. The molecule has 0 N–H and O–H groups in total. The highest BCUT2D eigenvalue weighted by Gasteiger charge is 2.15. The van der Waals surface area contributed by atoms with Gasteiger partial charge >= 0.3 is 0 Å². The van der Waals surface area contributed by atoms with Crippen LogP contribution in [0.4, 0.5) is 0 Å². The summed E-state index contributed by atoms with van der Waals surface area (Å²) in [5.74, 6) is 1.25. The van der Waals surface area contributed by atoms with Crippen LogP contribution in [0.2, 0.25) is 0 Å². The minimum atomic E-state index is -0.130. The number of benzene rings is 2. The molecular weight excluding hydrogens is 304 g/mol. The van der Waals surface area contributed by atoms with E-state index in [9.17, 15) is 4.79 Å². The molecule has 0 fully saturated rings. The first kappa shape index (κ1) is 17.6. The standard InChI is InChI=1S/C20H22O4/c1-13-6-7-15(14(2)10-13)8-9-17(21)16-11-18(22-3)20(24-5)19(12-16)23-4/h6-12H,1-5H3/b9-8+. The number of carbonyl (C=O) groups is 1. The minimum absolute atomic E-state index is 0.130. The number of carbonyl (C=O) groups excluding carboxylic acids is 1. The molecule has 4 heteroatoms. The van der Waals surface area contributed by atoms with Gasteiger partial charge < -0.3 is 14.2 Å². The van der Waals surface area contributed by atoms with Gasteiger partial charge in [0.2, 0.25) is 5.75 Å². The Balaban J connectivity index is 2.34. The summed E-state index contributed by atoms with van der Waals surface area (Å²) in [6.07, 6.45) is 3.37. The fourth-order valence-corrected chi connectivity index (χ4v) is 2.50. The van der Waals surface area contributed by atoms with Gasteiger partial charge in [0.1, 0.15) is 0 Å². The van der Waals surface area contributed by atoms with Gasteiger partial charge in [-0.25, -0.2) is 0 Å². The van der Waals surface area contributed by atoms with Gasteiger partial charge in [-0.3, -0.25) is 4.79 Å². The Labute approximate surface area is 142 Å². The van der Waals surface area contributed by atoms with E-state index in [1.807, 2.05) is 32.1 Å². The molecule has 2 rings (SSSR count). The van der Waals surface area contributed by atoms with E-state index in [4.69, 9.17) is 14.2 Å². The van der Waals surface area contributed by atoms with Gasteiger partial charge in [-0.2, -0.15) is 0 Å². The van der Waals surface area contributed by atoms with Crippen LogP contribution in [-0.4, -0.2) is 27.1 Å². The van der Waals surface area contributed by atoms with E-state index in [0.717, 1.165) is 11.1 Å². The van der Waals surface area contributed by atoms with Crippen molar-refractivity contribution in [1.29, 1.82) is 0 Å². The van der Waals surface area contributed by atoms with Crippen molar-refractivity contribution >= 4 is 11.9 Å². The predicted octanol–water partition coefficient (Wildman–Crippen LogP) is 4.23. The van der Waals surface area contributed by atoms with Crippen LogP contribution < -0.4 is 14.2 Å². The molecule has 126 valence electrons. The lowest BCUT2D eigenvalue weighted by Crippen LogP contribution is -2.00. The maximum atomic E-state index is 12.5. The number of ether oxygens (including phenoxy) is 3. The Bertz CT molecular complexity index is 750. The van der Waals surface area contributed by atoms with Crippen molar-refractivity contribution in [2.24, 2.45) is 0 Å². The number of allylic oxidation sites excluding steroid dienone is 1. The second kappa shape index (κ2) is 7.68. The molecule has 0 heterocycles. The van der Waals surface area contributed by atoms with Crippen molar-refractivity contribution in [3.63, 3.8) is 0 Å². The molecule has 0 amide bonds. The summed E-state index contributed by atoms with van der Waals surface area (Å²) in [5.41, 5.74) is 3.82. The lowest BCUT2D eigenvalue weighted by atomic mass is 10.0. The predicted molar refractivity (Wildman–Crippen MR) is 95.4 cm³/mol. The quantitative estimate of drug-likeness (QED) is 0.589. The van der Waals surface area contributed by atoms with Gasteiger partial charge in [0.15, 0.2) is 17.3 Å². The van der Waals surface area contributed by atoms with E-state index < -0.39 is 0 Å². The van der Waals surface area contributed by atoms with Crippen molar-refractivity contribution < 1.29 is 19.0 Å². The van der Waals surface area contributed by atoms with E-state index in [2.05, 4.69) is 6.07 Å². The number of methoxy groups -OCH3 is 3. The number of hydrogen-bond donors (Lipinski definition) is 0. The summed E-state index contributed by atoms with van der Waals surface area (Å²) >= 11 is 0. The Kier molecular flexibility index (Phi) is 5.64. The second-order valence-corrected chi connectivity index (χ2v) is 5.47. The highest BCUT2D eigenvalue weighted by Crippen LogP contribution is 2.38. The zero-order valence-corrected chi connectivity index (χ0v) is 14.7. The summed E-state index contributed by atoms with van der Waals surface area (Å²) in [5, 5.41) is 0. The van der Waals surface area contributed by atoms with E-state index in [1.165, 1.54) is 26.9 Å². The molecule has 2 aromatic rings. The Morgan fingerprint density at radius 2 is 1.54 bits per heavy atom. The Hall–Kier alpha value is -2.75. The van der Waals surface area contributed by atoms with Crippen LogP contribution in [0.5, 0.6) is 17.2 Å². The highest BCUT2D eigenvalue weighted by atomic mass is 16.5. The topological polar surface area (TPSA) is 44.8 Å². The van der Waals surface area contributed by atoms with Gasteiger partial charge in [0, 0.05) is 5.56 Å². The number of hydrogen-bond acceptors (Lipinski definition) is 4. The third kappa shape index (κ3) is 3.77. The SMILES string of the molecule is COc1cc(C(=O)/C=C/c2ccc(C)cc2C)cc(OC)c1OC. The zero-order valence-electron chi connectivity index (χ0n) is 14.7. The Morgan fingerprint density at radius 3 is 2.04 bits per heavy atom. The molecule has 2 aromatic carbocycles. The number of ketones is 1. The summed E-state index contributed by atoms with van der Waals surface area (Å²) in [4.78, 5) is 12.5. The largest absolute Gasteiger partial charge is 0.493 e. The van der Waals surface area contributed by atoms with Gasteiger partial charge in [-0.1, -0.05) is 29.8 Å². The molecule has 24 heavy (non-hydrogen) atoms. The van der Waals surface area contributed by atoms with E-state index in [-0.39, 0.29) is 5.78 Å². The molecule has 0 saturated heterocycles. The summed E-state index contributed by atoms with van der Waals surface area (Å²) in [6.45, 7) is 4.07. The van der Waals surface area contributed by atoms with Crippen LogP contribution in [0.1, 0.15) is 27.0 Å². The summed E-state index contributed by atoms with van der Waals surface area (Å²) < 4.78 is 15.8. The molecule has 0 aliphatic rings. The molecule has 4 nitrogen and oxygen atoms in total. The summed E-state index contributed by atoms with van der Waals surface area (Å²) in [6, 6.07) is 9.41. The third-order valence-corrected chi connectivity index (χ3v) is 3.79. The van der Waals surface area contributed by atoms with Crippen LogP contribution >= 0.6 is 0 Å². The van der Waals surface area contributed by atoms with Crippen LogP contribution in [0.25, 0.3) is 6.08 Å². The fourth-order valence-electron chi connectivity index (χ4n) is 2.50. The molecule has 0 aliphatic carbocycles. The van der Waals surface area contributed by atoms with Crippen molar-refractivity contribution in [3.05, 3.63) is 58.7 Å². The molecule has 0 spiro atoms. The first-order valence-electron chi connectivity index (χ1n) is 7.59. The lowest BCUT2D eigenvalue weighted by molar-refractivity contribution is 0.104. The molecule has 0 aromatic heterocycles. The van der Waals surface area contributed by atoms with Crippen LogP contribution in [0, 0.1) is 13.8 Å². The molecule has 0 atom stereocenters. The van der Waals surface area contributed by atoms with Crippen LogP contribution in [-0.2, 0) is 0 Å². The van der Waals surface area contributed by atoms with Crippen LogP contribution in [0.3, 0.4) is 0 Å². The third-order valence-electron chi connectivity index (χ3n) is 3.79. The second-order valence-electron chi connectivity index (χ2n) is 5.47. The van der Waals surface area contributed by atoms with E-state index >= 15 is 0 Å². The van der Waals surface area contributed by atoms with E-state index in [1.54, 1.807) is 18.2 Å². The van der Waals surface area contributed by atoms with Crippen molar-refractivity contribution in [3.8, 4) is 17.2 Å². The summed E-state index contributed by atoms with van der Waals surface area (Å²) in [7, 11) is 4.58. The molecule has 0 aliphatic heterocycles. The number of rotatable bonds is 6. The van der Waals surface area contributed by atoms with Crippen molar-refractivity contribution in [2.75, 3.05) is 21.3 Å². The average Bonchev–Trinajstić information content (AvgIpc) is 2.59. The fraction of sp³-hybridized carbons (Fsp3) is 0.250. The molecular formula is C20H22O4. The molecule has 0 bridgehead atoms. The van der Waals surface area contributed by atoms with Crippen molar-refractivity contribution in [1.82, 2.24) is 0 Å². The van der Waals surface area contributed by atoms with E-state index in [0.29, 0.717) is 22.8 Å². The Morgan fingerprint density at radius 1 is 0.917 bits per heavy atom. The molecule has 0 unspecified atom stereocenters. The highest BCUT2D eigenvalue weighted by molar-refractivity contribution is 6.07. The van der Waals surface area contributed by atoms with Gasteiger partial charge in [0.05, 0.1) is 21.3 Å². The molecule has 0 saturated carbocycles. The normalized spacial score (nSPS) is 10.7. The zero-order chi connectivity index (χ0) is 17.7. The average molecular weight is 326 g/mol. The maximum Gasteiger partial charge on any atom is 0.203 e.